The molecule has 0 radical (unpaired) electrons. The monoisotopic (exact) mass is 425 g/mol. The number of pyridine rings is 1. The molecule has 0 saturated heterocycles. The molecule has 1 heterocycles. The minimum atomic E-state index is -5.58. The third-order valence-electron chi connectivity index (χ3n) is 2.82. The molecule has 0 saturated carbocycles. The lowest BCUT2D eigenvalue weighted by molar-refractivity contribution is -0.697. The van der Waals surface area contributed by atoms with Crippen LogP contribution in [0, 0.1) is 0 Å². The van der Waals surface area contributed by atoms with Crippen molar-refractivity contribution in [1.29, 1.82) is 0 Å². The summed E-state index contributed by atoms with van der Waals surface area (Å²) in [5, 5.41) is 0. The van der Waals surface area contributed by atoms with Crippen LogP contribution in [-0.4, -0.2) is 25.6 Å². The van der Waals surface area contributed by atoms with E-state index in [-0.39, 0.29) is 0 Å². The summed E-state index contributed by atoms with van der Waals surface area (Å²) in [5.74, 6) is 0. The molecular formula is C15H22F6NO4P. The van der Waals surface area contributed by atoms with Crippen LogP contribution in [-0.2, 0) is 20.2 Å². The molecule has 158 valence electrons. The minimum Gasteiger partial charge on any atom is -0.756 e. The smallest absolute Gasteiger partial charge is 0.412 e. The minimum absolute atomic E-state index is 1.17. The van der Waals surface area contributed by atoms with E-state index in [9.17, 15) is 35.8 Å². The summed E-state index contributed by atoms with van der Waals surface area (Å²) in [5.41, 5.74) is 0. The highest BCUT2D eigenvalue weighted by Gasteiger charge is 2.33. The van der Waals surface area contributed by atoms with Gasteiger partial charge in [-0.05, 0) is 6.42 Å². The van der Waals surface area contributed by atoms with E-state index in [2.05, 4.69) is 51.1 Å². The van der Waals surface area contributed by atoms with Crippen molar-refractivity contribution in [3.8, 4) is 0 Å². The molecular weight excluding hydrogens is 403 g/mol. The summed E-state index contributed by atoms with van der Waals surface area (Å²) >= 11 is 0. The Kier molecular flexibility index (Phi) is 11.8. The Balaban J connectivity index is 0.000000511. The van der Waals surface area contributed by atoms with Gasteiger partial charge < -0.3 is 13.9 Å². The van der Waals surface area contributed by atoms with E-state index < -0.39 is 33.4 Å². The molecule has 0 aliphatic carbocycles. The number of hydrogen-bond acceptors (Lipinski definition) is 4. The number of aryl methyl sites for hydroxylation is 1. The lowest BCUT2D eigenvalue weighted by Gasteiger charge is -2.23. The molecule has 0 aliphatic rings. The molecule has 0 fully saturated rings. The van der Waals surface area contributed by atoms with E-state index in [0.717, 1.165) is 0 Å². The molecule has 0 unspecified atom stereocenters. The Morgan fingerprint density at radius 2 is 1.37 bits per heavy atom. The van der Waals surface area contributed by atoms with Crippen molar-refractivity contribution in [3.05, 3.63) is 30.6 Å². The third kappa shape index (κ3) is 18.0. The Bertz CT molecular complexity index is 531. The summed E-state index contributed by atoms with van der Waals surface area (Å²) in [7, 11) is -5.58. The number of hydrogen-bond donors (Lipinski definition) is 0. The predicted molar refractivity (Wildman–Crippen MR) is 82.4 cm³/mol. The molecule has 1 aromatic heterocycles. The lowest BCUT2D eigenvalue weighted by atomic mass is 10.2. The van der Waals surface area contributed by atoms with Crippen LogP contribution in [0.5, 0.6) is 0 Å². The molecule has 5 nitrogen and oxygen atoms in total. The maximum Gasteiger partial charge on any atom is 0.412 e. The van der Waals surface area contributed by atoms with Crippen LogP contribution in [0.2, 0.25) is 0 Å². The second kappa shape index (κ2) is 12.3. The first-order chi connectivity index (χ1) is 12.3. The van der Waals surface area contributed by atoms with Crippen LogP contribution in [0.3, 0.4) is 0 Å². The molecule has 1 rings (SSSR count). The highest BCUT2D eigenvalue weighted by molar-refractivity contribution is 7.45. The van der Waals surface area contributed by atoms with Gasteiger partial charge in [-0.15, -0.1) is 0 Å². The third-order valence-corrected chi connectivity index (χ3v) is 3.71. The van der Waals surface area contributed by atoms with E-state index >= 15 is 0 Å². The molecule has 0 N–H and O–H groups in total. The van der Waals surface area contributed by atoms with Crippen molar-refractivity contribution in [2.75, 3.05) is 13.2 Å². The van der Waals surface area contributed by atoms with Gasteiger partial charge in [-0.1, -0.05) is 25.8 Å². The van der Waals surface area contributed by atoms with E-state index in [1.54, 1.807) is 0 Å². The maximum atomic E-state index is 11.4. The van der Waals surface area contributed by atoms with E-state index in [0.29, 0.717) is 0 Å². The van der Waals surface area contributed by atoms with Gasteiger partial charge in [0.2, 0.25) is 0 Å². The van der Waals surface area contributed by atoms with Crippen LogP contribution >= 0.6 is 7.82 Å². The molecule has 0 aliphatic heterocycles. The van der Waals surface area contributed by atoms with Gasteiger partial charge in [0.1, 0.15) is 6.54 Å². The van der Waals surface area contributed by atoms with Crippen molar-refractivity contribution in [2.45, 2.75) is 51.5 Å². The van der Waals surface area contributed by atoms with Crippen LogP contribution in [0.4, 0.5) is 26.3 Å². The second-order valence-electron chi connectivity index (χ2n) is 5.40. The van der Waals surface area contributed by atoms with Gasteiger partial charge in [0.25, 0.3) is 7.82 Å². The molecule has 1 aromatic rings. The largest absolute Gasteiger partial charge is 0.756 e. The van der Waals surface area contributed by atoms with E-state index in [1.165, 1.54) is 32.2 Å². The summed E-state index contributed by atoms with van der Waals surface area (Å²) in [6, 6.07) is 6.22. The number of aromatic nitrogens is 1. The number of phosphoric acid groups is 1. The number of halogens is 6. The fraction of sp³-hybridized carbons (Fsp3) is 0.667. The van der Waals surface area contributed by atoms with Crippen molar-refractivity contribution in [1.82, 2.24) is 0 Å². The summed E-state index contributed by atoms with van der Waals surface area (Å²) in [4.78, 5) is 10.3. The maximum absolute atomic E-state index is 11.4. The van der Waals surface area contributed by atoms with Gasteiger partial charge >= 0.3 is 12.4 Å². The van der Waals surface area contributed by atoms with Crippen LogP contribution in [0.15, 0.2) is 30.6 Å². The average molecular weight is 425 g/mol. The Labute approximate surface area is 153 Å². The molecule has 0 amide bonds. The van der Waals surface area contributed by atoms with Crippen LogP contribution in [0.1, 0.15) is 32.6 Å². The van der Waals surface area contributed by atoms with Crippen molar-refractivity contribution in [2.24, 2.45) is 0 Å². The second-order valence-corrected chi connectivity index (χ2v) is 6.81. The van der Waals surface area contributed by atoms with Crippen molar-refractivity contribution < 1.29 is 49.4 Å². The topological polar surface area (TPSA) is 62.5 Å². The lowest BCUT2D eigenvalue weighted by Crippen LogP contribution is -2.32. The first kappa shape index (κ1) is 25.8. The molecule has 0 bridgehead atoms. The van der Waals surface area contributed by atoms with Gasteiger partial charge in [-0.25, -0.2) is 4.57 Å². The summed E-state index contributed by atoms with van der Waals surface area (Å²) in [6.07, 6.45) is -0.324. The van der Waals surface area contributed by atoms with Gasteiger partial charge in [0.05, 0.1) is 0 Å². The van der Waals surface area contributed by atoms with Gasteiger partial charge in [0.15, 0.2) is 25.6 Å². The van der Waals surface area contributed by atoms with Gasteiger partial charge in [0, 0.05) is 18.6 Å². The zero-order valence-corrected chi connectivity index (χ0v) is 15.5. The van der Waals surface area contributed by atoms with Gasteiger partial charge in [-0.3, -0.25) is 4.57 Å². The molecule has 0 atom stereocenters. The first-order valence-corrected chi connectivity index (χ1v) is 9.48. The van der Waals surface area contributed by atoms with Crippen molar-refractivity contribution in [3.63, 3.8) is 0 Å². The molecule has 0 aromatic carbocycles. The number of phosphoric ester groups is 1. The number of unbranched alkanes of at least 4 members (excludes halogenated alkanes) is 3. The number of alkyl halides is 6. The number of nitrogens with zero attached hydrogens (tertiary/aromatic N) is 1. The predicted octanol–water partition coefficient (Wildman–Crippen LogP) is 4.17. The normalized spacial score (nSPS) is 12.4. The Hall–Kier alpha value is -1.16. The van der Waals surface area contributed by atoms with Crippen LogP contribution in [0.25, 0.3) is 0 Å². The molecule has 0 spiro atoms. The number of rotatable bonds is 9. The fourth-order valence-corrected chi connectivity index (χ4v) is 2.33. The first-order valence-electron chi connectivity index (χ1n) is 8.02. The van der Waals surface area contributed by atoms with Crippen molar-refractivity contribution >= 4 is 7.82 Å². The molecule has 12 heteroatoms. The standard InChI is InChI=1S/C11H18N.C4H5F6O4P/c1-2-3-4-6-9-12-10-7-5-8-11-12;5-3(6,7)1-13-15(11,12)14-2-4(8,9)10/h5,7-8,10-11H,2-4,6,9H2,1H3;1-2H2,(H,11,12)/q+1;/p-1. The SMILES string of the molecule is CCCCCC[n+]1ccccc1.O=P([O-])(OCC(F)(F)F)OCC(F)(F)F. The highest BCUT2D eigenvalue weighted by atomic mass is 31.2. The Morgan fingerprint density at radius 3 is 1.78 bits per heavy atom. The summed E-state index contributed by atoms with van der Waals surface area (Å²) in [6.45, 7) is -1.05. The van der Waals surface area contributed by atoms with Gasteiger partial charge in [-0.2, -0.15) is 26.3 Å². The van der Waals surface area contributed by atoms with E-state index in [1.807, 2.05) is 0 Å². The Morgan fingerprint density at radius 1 is 0.889 bits per heavy atom. The fourth-order valence-electron chi connectivity index (χ4n) is 1.65. The molecule has 27 heavy (non-hydrogen) atoms. The quantitative estimate of drug-likeness (QED) is 0.258. The van der Waals surface area contributed by atoms with Crippen LogP contribution < -0.4 is 9.46 Å². The van der Waals surface area contributed by atoms with E-state index in [4.69, 9.17) is 0 Å². The summed E-state index contributed by atoms with van der Waals surface area (Å²) < 4.78 is 87.2. The zero-order valence-electron chi connectivity index (χ0n) is 14.6. The highest BCUT2D eigenvalue weighted by Crippen LogP contribution is 2.41. The average Bonchev–Trinajstić information content (AvgIpc) is 2.56. The zero-order chi connectivity index (χ0) is 21.0.